The van der Waals surface area contributed by atoms with Crippen molar-refractivity contribution in [2.45, 2.75) is 0 Å². The van der Waals surface area contributed by atoms with E-state index >= 15 is 0 Å². The summed E-state index contributed by atoms with van der Waals surface area (Å²) >= 11 is 0. The van der Waals surface area contributed by atoms with Gasteiger partial charge in [-0.3, -0.25) is 0 Å². The third-order valence-electron chi connectivity index (χ3n) is 3.68. The zero-order chi connectivity index (χ0) is 16.1. The molecule has 1 heterocycles. The van der Waals surface area contributed by atoms with E-state index in [4.69, 9.17) is 14.7 Å². The van der Waals surface area contributed by atoms with E-state index in [1.54, 1.807) is 29.2 Å². The smallest absolute Gasteiger partial charge is 0.410 e. The molecule has 0 saturated carbocycles. The van der Waals surface area contributed by atoms with Gasteiger partial charge in [0, 0.05) is 13.1 Å². The van der Waals surface area contributed by atoms with E-state index in [9.17, 15) is 4.79 Å². The number of ether oxygens (including phenoxy) is 2. The van der Waals surface area contributed by atoms with Crippen LogP contribution >= 0.6 is 0 Å². The van der Waals surface area contributed by atoms with E-state index in [0.717, 1.165) is 11.1 Å². The molecule has 0 bridgehead atoms. The minimum absolute atomic E-state index is 0.348. The van der Waals surface area contributed by atoms with Gasteiger partial charge in [0.25, 0.3) is 0 Å². The zero-order valence-corrected chi connectivity index (χ0v) is 12.6. The first-order valence-electron chi connectivity index (χ1n) is 7.41. The van der Waals surface area contributed by atoms with E-state index in [1.807, 2.05) is 24.3 Å². The van der Waals surface area contributed by atoms with E-state index in [1.165, 1.54) is 0 Å². The van der Waals surface area contributed by atoms with Crippen LogP contribution in [0, 0.1) is 11.3 Å². The van der Waals surface area contributed by atoms with Crippen LogP contribution in [-0.4, -0.2) is 37.3 Å². The molecule has 116 valence electrons. The van der Waals surface area contributed by atoms with Gasteiger partial charge in [0.05, 0.1) is 24.8 Å². The van der Waals surface area contributed by atoms with Crippen LogP contribution in [0.15, 0.2) is 48.5 Å². The first kappa shape index (κ1) is 15.1. The number of hydrogen-bond acceptors (Lipinski definition) is 4. The summed E-state index contributed by atoms with van der Waals surface area (Å²) in [6.07, 6.45) is -0.348. The van der Waals surface area contributed by atoms with Gasteiger partial charge < -0.3 is 14.4 Å². The highest BCUT2D eigenvalue weighted by Crippen LogP contribution is 2.23. The summed E-state index contributed by atoms with van der Waals surface area (Å²) < 4.78 is 10.6. The Morgan fingerprint density at radius 1 is 1.00 bits per heavy atom. The molecule has 23 heavy (non-hydrogen) atoms. The second-order valence-electron chi connectivity index (χ2n) is 5.18. The fourth-order valence-electron chi connectivity index (χ4n) is 2.36. The SMILES string of the molecule is N#Cc1ccc(-c2ccc(OC(=O)N3CCOCC3)cc2)cc1. The first-order chi connectivity index (χ1) is 11.3. The van der Waals surface area contributed by atoms with Crippen LogP contribution in [0.2, 0.25) is 0 Å². The molecule has 2 aromatic rings. The summed E-state index contributed by atoms with van der Waals surface area (Å²) in [7, 11) is 0. The molecular weight excluding hydrogens is 292 g/mol. The van der Waals surface area contributed by atoms with E-state index in [0.29, 0.717) is 37.6 Å². The van der Waals surface area contributed by atoms with Crippen molar-refractivity contribution >= 4 is 6.09 Å². The van der Waals surface area contributed by atoms with Crippen LogP contribution < -0.4 is 4.74 Å². The van der Waals surface area contributed by atoms with Gasteiger partial charge in [0.1, 0.15) is 5.75 Å². The maximum atomic E-state index is 12.0. The molecule has 3 rings (SSSR count). The Kier molecular flexibility index (Phi) is 4.55. The number of nitrogens with zero attached hydrogens (tertiary/aromatic N) is 2. The summed E-state index contributed by atoms with van der Waals surface area (Å²) in [5.74, 6) is 0.513. The van der Waals surface area contributed by atoms with Crippen molar-refractivity contribution < 1.29 is 14.3 Å². The molecule has 0 aromatic heterocycles. The number of benzene rings is 2. The van der Waals surface area contributed by atoms with Crippen LogP contribution in [-0.2, 0) is 4.74 Å². The topological polar surface area (TPSA) is 62.6 Å². The molecule has 0 spiro atoms. The molecule has 1 fully saturated rings. The quantitative estimate of drug-likeness (QED) is 0.855. The Hall–Kier alpha value is -2.84. The van der Waals surface area contributed by atoms with Crippen LogP contribution in [0.4, 0.5) is 4.79 Å². The Bertz CT molecular complexity index is 711. The maximum Gasteiger partial charge on any atom is 0.415 e. The number of carbonyl (C=O) groups is 1. The zero-order valence-electron chi connectivity index (χ0n) is 12.6. The van der Waals surface area contributed by atoms with Gasteiger partial charge >= 0.3 is 6.09 Å². The number of carbonyl (C=O) groups excluding carboxylic acids is 1. The minimum atomic E-state index is -0.348. The molecule has 1 aliphatic rings. The van der Waals surface area contributed by atoms with Gasteiger partial charge in [-0.1, -0.05) is 24.3 Å². The average Bonchev–Trinajstić information content (AvgIpc) is 2.63. The Morgan fingerprint density at radius 2 is 1.57 bits per heavy atom. The fraction of sp³-hybridized carbons (Fsp3) is 0.222. The van der Waals surface area contributed by atoms with Crippen molar-refractivity contribution in [1.82, 2.24) is 4.90 Å². The van der Waals surface area contributed by atoms with Crippen LogP contribution in [0.5, 0.6) is 5.75 Å². The molecule has 1 saturated heterocycles. The molecular formula is C18H16N2O3. The lowest BCUT2D eigenvalue weighted by Gasteiger charge is -2.25. The van der Waals surface area contributed by atoms with Gasteiger partial charge in [-0.05, 0) is 35.4 Å². The third kappa shape index (κ3) is 3.68. The maximum absolute atomic E-state index is 12.0. The lowest BCUT2D eigenvalue weighted by molar-refractivity contribution is 0.0416. The number of rotatable bonds is 2. The van der Waals surface area contributed by atoms with Crippen LogP contribution in [0.1, 0.15) is 5.56 Å². The summed E-state index contributed by atoms with van der Waals surface area (Å²) in [5.41, 5.74) is 2.64. The highest BCUT2D eigenvalue weighted by molar-refractivity contribution is 5.71. The van der Waals surface area contributed by atoms with Crippen molar-refractivity contribution in [2.24, 2.45) is 0 Å². The molecule has 5 nitrogen and oxygen atoms in total. The van der Waals surface area contributed by atoms with Crippen molar-refractivity contribution in [1.29, 1.82) is 5.26 Å². The minimum Gasteiger partial charge on any atom is -0.410 e. The van der Waals surface area contributed by atoms with Crippen molar-refractivity contribution in [3.63, 3.8) is 0 Å². The molecule has 1 amide bonds. The second-order valence-corrected chi connectivity index (χ2v) is 5.18. The van der Waals surface area contributed by atoms with Crippen molar-refractivity contribution in [2.75, 3.05) is 26.3 Å². The normalized spacial score (nSPS) is 14.1. The van der Waals surface area contributed by atoms with Gasteiger partial charge in [0.15, 0.2) is 0 Å². The molecule has 1 aliphatic heterocycles. The predicted molar refractivity (Wildman–Crippen MR) is 85.0 cm³/mol. The van der Waals surface area contributed by atoms with Crippen LogP contribution in [0.3, 0.4) is 0 Å². The fourth-order valence-corrected chi connectivity index (χ4v) is 2.36. The summed E-state index contributed by atoms with van der Waals surface area (Å²) in [5, 5.41) is 8.82. The van der Waals surface area contributed by atoms with Gasteiger partial charge in [0.2, 0.25) is 0 Å². The van der Waals surface area contributed by atoms with E-state index in [-0.39, 0.29) is 6.09 Å². The first-order valence-corrected chi connectivity index (χ1v) is 7.41. The number of morpholine rings is 1. The number of amides is 1. The number of nitriles is 1. The number of hydrogen-bond donors (Lipinski definition) is 0. The monoisotopic (exact) mass is 308 g/mol. The highest BCUT2D eigenvalue weighted by atomic mass is 16.6. The second kappa shape index (κ2) is 6.95. The van der Waals surface area contributed by atoms with Gasteiger partial charge in [-0.2, -0.15) is 5.26 Å². The molecule has 2 aromatic carbocycles. The molecule has 0 aliphatic carbocycles. The highest BCUT2D eigenvalue weighted by Gasteiger charge is 2.18. The van der Waals surface area contributed by atoms with Gasteiger partial charge in [-0.25, -0.2) is 4.79 Å². The predicted octanol–water partition coefficient (Wildman–Crippen LogP) is 3.06. The van der Waals surface area contributed by atoms with E-state index < -0.39 is 0 Å². The lowest BCUT2D eigenvalue weighted by atomic mass is 10.0. The van der Waals surface area contributed by atoms with Crippen molar-refractivity contribution in [3.05, 3.63) is 54.1 Å². The Balaban J connectivity index is 1.66. The average molecular weight is 308 g/mol. The molecule has 5 heteroatoms. The molecule has 0 N–H and O–H groups in total. The largest absolute Gasteiger partial charge is 0.415 e. The summed E-state index contributed by atoms with van der Waals surface area (Å²) in [4.78, 5) is 13.6. The van der Waals surface area contributed by atoms with Crippen LogP contribution in [0.25, 0.3) is 11.1 Å². The van der Waals surface area contributed by atoms with E-state index in [2.05, 4.69) is 6.07 Å². The van der Waals surface area contributed by atoms with Crippen molar-refractivity contribution in [3.8, 4) is 22.9 Å². The van der Waals surface area contributed by atoms with Gasteiger partial charge in [-0.15, -0.1) is 0 Å². The Labute approximate surface area is 134 Å². The summed E-state index contributed by atoms with van der Waals surface area (Å²) in [6.45, 7) is 2.21. The molecule has 0 atom stereocenters. The standard InChI is InChI=1S/C18H16N2O3/c19-13-14-1-3-15(4-2-14)16-5-7-17(8-6-16)23-18(21)20-9-11-22-12-10-20/h1-8H,9-12H2. The molecule has 0 radical (unpaired) electrons. The molecule has 0 unspecified atom stereocenters. The Morgan fingerprint density at radius 3 is 2.13 bits per heavy atom. The lowest BCUT2D eigenvalue weighted by Crippen LogP contribution is -2.42. The third-order valence-corrected chi connectivity index (χ3v) is 3.68. The summed E-state index contributed by atoms with van der Waals surface area (Å²) in [6, 6.07) is 16.8.